The fourth-order valence-electron chi connectivity index (χ4n) is 4.33. The van der Waals surface area contributed by atoms with Crippen LogP contribution in [0.1, 0.15) is 52.0 Å². The molecule has 1 aliphatic carbocycles. The molecular formula is C20H31ClN2O. The van der Waals surface area contributed by atoms with Crippen molar-refractivity contribution in [3.8, 4) is 0 Å². The maximum absolute atomic E-state index is 12.8. The zero-order valence-corrected chi connectivity index (χ0v) is 15.9. The lowest BCUT2D eigenvalue weighted by molar-refractivity contribution is -0.124. The molecule has 3 rings (SSSR count). The van der Waals surface area contributed by atoms with Gasteiger partial charge >= 0.3 is 0 Å². The molecule has 1 aromatic carbocycles. The first-order chi connectivity index (χ1) is 11.0. The van der Waals surface area contributed by atoms with Gasteiger partial charge in [-0.25, -0.2) is 0 Å². The molecule has 134 valence electrons. The van der Waals surface area contributed by atoms with E-state index in [1.807, 2.05) is 6.07 Å². The predicted molar refractivity (Wildman–Crippen MR) is 102 cm³/mol. The van der Waals surface area contributed by atoms with Crippen LogP contribution in [0.15, 0.2) is 30.3 Å². The van der Waals surface area contributed by atoms with Gasteiger partial charge in [0.2, 0.25) is 5.91 Å². The number of hydrogen-bond donors (Lipinski definition) is 2. The lowest BCUT2D eigenvalue weighted by Gasteiger charge is -2.35. The highest BCUT2D eigenvalue weighted by Gasteiger charge is 2.58. The summed E-state index contributed by atoms with van der Waals surface area (Å²) in [5.41, 5.74) is 1.55. The smallest absolute Gasteiger partial charge is 0.223 e. The Kier molecular flexibility index (Phi) is 5.98. The Bertz CT molecular complexity index is 552. The Labute approximate surface area is 152 Å². The van der Waals surface area contributed by atoms with Gasteiger partial charge < -0.3 is 10.6 Å². The van der Waals surface area contributed by atoms with Crippen LogP contribution in [-0.4, -0.2) is 25.0 Å². The van der Waals surface area contributed by atoms with Crippen LogP contribution in [0.2, 0.25) is 0 Å². The quantitative estimate of drug-likeness (QED) is 0.850. The number of amides is 1. The molecule has 1 heterocycles. The third-order valence-electron chi connectivity index (χ3n) is 6.22. The molecule has 1 saturated heterocycles. The van der Waals surface area contributed by atoms with E-state index in [9.17, 15) is 4.79 Å². The van der Waals surface area contributed by atoms with Crippen LogP contribution < -0.4 is 10.6 Å². The van der Waals surface area contributed by atoms with Gasteiger partial charge in [-0.15, -0.1) is 12.4 Å². The van der Waals surface area contributed by atoms with Crippen molar-refractivity contribution in [2.24, 2.45) is 11.3 Å². The second kappa shape index (κ2) is 7.45. The van der Waals surface area contributed by atoms with E-state index >= 15 is 0 Å². The highest BCUT2D eigenvalue weighted by molar-refractivity contribution is 5.85. The van der Waals surface area contributed by atoms with Crippen molar-refractivity contribution in [2.45, 2.75) is 57.9 Å². The molecule has 1 saturated carbocycles. The summed E-state index contributed by atoms with van der Waals surface area (Å²) in [5, 5.41) is 6.79. The van der Waals surface area contributed by atoms with Crippen LogP contribution in [0.5, 0.6) is 0 Å². The standard InChI is InChI=1S/C20H30N2O.ClH/c1-4-17(19(2,3)15-8-6-5-7-9-15)22-18(23)16-14-20(16)10-12-21-13-11-20;/h5-9,16-17,21H,4,10-14H2,1-3H3,(H,22,23);1H. The third kappa shape index (κ3) is 3.62. The molecule has 2 atom stereocenters. The summed E-state index contributed by atoms with van der Waals surface area (Å²) in [6.07, 6.45) is 4.35. The van der Waals surface area contributed by atoms with Gasteiger partial charge in [0.25, 0.3) is 0 Å². The predicted octanol–water partition coefficient (Wildman–Crippen LogP) is 3.67. The maximum atomic E-state index is 12.8. The molecule has 2 fully saturated rings. The molecule has 24 heavy (non-hydrogen) atoms. The first-order valence-corrected chi connectivity index (χ1v) is 9.06. The van der Waals surface area contributed by atoms with Gasteiger partial charge in [-0.3, -0.25) is 4.79 Å². The molecule has 0 bridgehead atoms. The molecule has 1 amide bonds. The van der Waals surface area contributed by atoms with Crippen LogP contribution in [0.4, 0.5) is 0 Å². The number of carbonyl (C=O) groups is 1. The monoisotopic (exact) mass is 350 g/mol. The van der Waals surface area contributed by atoms with Crippen molar-refractivity contribution in [1.82, 2.24) is 10.6 Å². The number of halogens is 1. The van der Waals surface area contributed by atoms with Gasteiger partial charge in [-0.2, -0.15) is 0 Å². The largest absolute Gasteiger partial charge is 0.352 e. The van der Waals surface area contributed by atoms with Gasteiger partial charge in [-0.05, 0) is 49.8 Å². The minimum Gasteiger partial charge on any atom is -0.352 e. The molecular weight excluding hydrogens is 320 g/mol. The topological polar surface area (TPSA) is 41.1 Å². The average molecular weight is 351 g/mol. The Morgan fingerprint density at radius 3 is 2.50 bits per heavy atom. The summed E-state index contributed by atoms with van der Waals surface area (Å²) < 4.78 is 0. The Morgan fingerprint density at radius 1 is 1.29 bits per heavy atom. The number of hydrogen-bond acceptors (Lipinski definition) is 2. The summed E-state index contributed by atoms with van der Waals surface area (Å²) in [6.45, 7) is 8.78. The van der Waals surface area contributed by atoms with E-state index in [-0.39, 0.29) is 35.7 Å². The first kappa shape index (κ1) is 19.3. The highest BCUT2D eigenvalue weighted by Crippen LogP contribution is 2.58. The Balaban J connectivity index is 0.00000208. The van der Waals surface area contributed by atoms with Gasteiger partial charge in [-0.1, -0.05) is 51.1 Å². The summed E-state index contributed by atoms with van der Waals surface area (Å²) in [7, 11) is 0. The minimum absolute atomic E-state index is 0. The molecule has 3 nitrogen and oxygen atoms in total. The van der Waals surface area contributed by atoms with Crippen LogP contribution in [0.25, 0.3) is 0 Å². The fourth-order valence-corrected chi connectivity index (χ4v) is 4.33. The SMILES string of the molecule is CCC(NC(=O)C1CC12CCNCC2)C(C)(C)c1ccccc1.Cl. The Hall–Kier alpha value is -1.06. The van der Waals surface area contributed by atoms with E-state index in [4.69, 9.17) is 0 Å². The minimum atomic E-state index is -0.0537. The van der Waals surface area contributed by atoms with E-state index < -0.39 is 0 Å². The van der Waals surface area contributed by atoms with Crippen molar-refractivity contribution in [2.75, 3.05) is 13.1 Å². The summed E-state index contributed by atoms with van der Waals surface area (Å²) in [5.74, 6) is 0.521. The molecule has 2 aliphatic rings. The van der Waals surface area contributed by atoms with Crippen molar-refractivity contribution in [3.63, 3.8) is 0 Å². The van der Waals surface area contributed by atoms with Crippen LogP contribution >= 0.6 is 12.4 Å². The normalized spacial score (nSPS) is 23.2. The Morgan fingerprint density at radius 2 is 1.92 bits per heavy atom. The van der Waals surface area contributed by atoms with E-state index in [0.717, 1.165) is 38.8 Å². The van der Waals surface area contributed by atoms with Crippen LogP contribution in [-0.2, 0) is 10.2 Å². The number of benzene rings is 1. The second-order valence-electron chi connectivity index (χ2n) is 7.93. The van der Waals surface area contributed by atoms with E-state index in [2.05, 4.69) is 55.7 Å². The van der Waals surface area contributed by atoms with Gasteiger partial charge in [0, 0.05) is 17.4 Å². The van der Waals surface area contributed by atoms with Gasteiger partial charge in [0.05, 0.1) is 0 Å². The maximum Gasteiger partial charge on any atom is 0.223 e. The molecule has 0 aromatic heterocycles. The zero-order valence-electron chi connectivity index (χ0n) is 15.1. The van der Waals surface area contributed by atoms with Gasteiger partial charge in [0.15, 0.2) is 0 Å². The molecule has 1 spiro atoms. The van der Waals surface area contributed by atoms with Crippen LogP contribution in [0.3, 0.4) is 0 Å². The molecule has 2 unspecified atom stereocenters. The fraction of sp³-hybridized carbons (Fsp3) is 0.650. The number of piperidine rings is 1. The van der Waals surface area contributed by atoms with Crippen molar-refractivity contribution >= 4 is 18.3 Å². The summed E-state index contributed by atoms with van der Waals surface area (Å²) in [6, 6.07) is 10.7. The number of carbonyl (C=O) groups excluding carboxylic acids is 1. The molecule has 1 aliphatic heterocycles. The van der Waals surface area contributed by atoms with Crippen molar-refractivity contribution in [3.05, 3.63) is 35.9 Å². The third-order valence-corrected chi connectivity index (χ3v) is 6.22. The lowest BCUT2D eigenvalue weighted by Crippen LogP contribution is -2.48. The first-order valence-electron chi connectivity index (χ1n) is 9.06. The van der Waals surface area contributed by atoms with Gasteiger partial charge in [0.1, 0.15) is 0 Å². The van der Waals surface area contributed by atoms with Crippen molar-refractivity contribution < 1.29 is 4.79 Å². The summed E-state index contributed by atoms with van der Waals surface area (Å²) in [4.78, 5) is 12.8. The number of rotatable bonds is 5. The lowest BCUT2D eigenvalue weighted by atomic mass is 9.76. The van der Waals surface area contributed by atoms with E-state index in [0.29, 0.717) is 5.41 Å². The zero-order chi connectivity index (χ0) is 16.5. The molecule has 4 heteroatoms. The molecule has 1 aromatic rings. The van der Waals surface area contributed by atoms with E-state index in [1.54, 1.807) is 0 Å². The van der Waals surface area contributed by atoms with E-state index in [1.165, 1.54) is 5.56 Å². The van der Waals surface area contributed by atoms with Crippen molar-refractivity contribution in [1.29, 1.82) is 0 Å². The second-order valence-corrected chi connectivity index (χ2v) is 7.93. The average Bonchev–Trinajstić information content (AvgIpc) is 3.26. The highest BCUT2D eigenvalue weighted by atomic mass is 35.5. The molecule has 2 N–H and O–H groups in total. The molecule has 0 radical (unpaired) electrons. The summed E-state index contributed by atoms with van der Waals surface area (Å²) >= 11 is 0. The van der Waals surface area contributed by atoms with Crippen LogP contribution in [0, 0.1) is 11.3 Å². The number of nitrogens with one attached hydrogen (secondary N) is 2.